The molecule has 12 heterocycles. The molecule has 4 atom stereocenters. The molecule has 710 valence electrons. The van der Waals surface area contributed by atoms with Gasteiger partial charge in [-0.15, -0.1) is 0 Å². The largest absolute Gasteiger partial charge is 0.434 e. The summed E-state index contributed by atoms with van der Waals surface area (Å²) >= 11 is 2.08. The van der Waals surface area contributed by atoms with E-state index in [1.54, 1.807) is 122 Å². The predicted octanol–water partition coefficient (Wildman–Crippen LogP) is 18.2. The van der Waals surface area contributed by atoms with E-state index < -0.39 is 66.2 Å². The fraction of sp³-hybridized carbons (Fsp3) is 0.275. The van der Waals surface area contributed by atoms with Crippen molar-refractivity contribution in [2.45, 2.75) is 135 Å². The zero-order chi connectivity index (χ0) is 97.2. The van der Waals surface area contributed by atoms with Crippen LogP contribution in [0.5, 0.6) is 23.0 Å². The van der Waals surface area contributed by atoms with E-state index in [4.69, 9.17) is 28.9 Å². The molecule has 0 bridgehead atoms. The minimum absolute atomic E-state index is 0.00314. The Bertz CT molecular complexity index is 7220. The van der Waals surface area contributed by atoms with Gasteiger partial charge in [0.1, 0.15) is 58.7 Å². The Hall–Kier alpha value is -15.2. The molecule has 16 aromatic rings. The molecule has 3 aliphatic rings. The Labute approximate surface area is 794 Å². The third-order valence-electron chi connectivity index (χ3n) is 22.1. The van der Waals surface area contributed by atoms with Gasteiger partial charge < -0.3 is 49.7 Å². The van der Waals surface area contributed by atoms with E-state index in [0.717, 1.165) is 45.2 Å². The van der Waals surface area contributed by atoms with Crippen molar-refractivity contribution in [1.29, 1.82) is 10.5 Å². The number of aromatic nitrogens is 20. The molecule has 0 spiro atoms. The maximum Gasteiger partial charge on any atom is 0.387 e. The lowest BCUT2D eigenvalue weighted by Gasteiger charge is -2.18. The average molecular weight is 2040 g/mol. The molecule has 138 heavy (non-hydrogen) atoms. The van der Waals surface area contributed by atoms with Crippen LogP contribution in [0, 0.1) is 38.1 Å². The van der Waals surface area contributed by atoms with Crippen molar-refractivity contribution >= 4 is 108 Å². The number of carbonyl (C=O) groups is 4. The van der Waals surface area contributed by atoms with Gasteiger partial charge in [-0.05, 0) is 162 Å². The van der Waals surface area contributed by atoms with Crippen LogP contribution < -0.4 is 40.2 Å². The number of amides is 4. The van der Waals surface area contributed by atoms with Crippen LogP contribution in [0.1, 0.15) is 102 Å². The van der Waals surface area contributed by atoms with Crippen LogP contribution >= 0.6 is 22.6 Å². The number of rotatable bonds is 33. The summed E-state index contributed by atoms with van der Waals surface area (Å²) in [6, 6.07) is 32.7. The van der Waals surface area contributed by atoms with E-state index in [1.807, 2.05) is 0 Å². The number of carbonyl (C=O) groups excluding carboxylic acids is 4. The average Bonchev–Trinajstić information content (AvgIpc) is 1.62. The smallest absolute Gasteiger partial charge is 0.387 e. The van der Waals surface area contributed by atoms with Crippen LogP contribution in [0.25, 0.3) is 67.6 Å². The molecule has 4 aromatic carbocycles. The summed E-state index contributed by atoms with van der Waals surface area (Å²) in [4.78, 5) is 69.0. The Morgan fingerprint density at radius 2 is 0.761 bits per heavy atom. The Kier molecular flexibility index (Phi) is 29.2. The number of ether oxygens (including phenoxy) is 6. The van der Waals surface area contributed by atoms with Crippen LogP contribution in [-0.4, -0.2) is 178 Å². The highest BCUT2D eigenvalue weighted by atomic mass is 127. The lowest BCUT2D eigenvalue weighted by Crippen LogP contribution is -2.22. The summed E-state index contributed by atoms with van der Waals surface area (Å²) in [5, 5.41) is 68.4. The molecule has 47 heteroatoms. The summed E-state index contributed by atoms with van der Waals surface area (Å²) in [6.07, 6.45) is 27.8. The third kappa shape index (κ3) is 23.1. The molecular weight excluding hydrogens is 1950 g/mol. The Morgan fingerprint density at radius 3 is 1.10 bits per heavy atom. The highest BCUT2D eigenvalue weighted by Crippen LogP contribution is 2.52. The summed E-state index contributed by atoms with van der Waals surface area (Å²) < 4.78 is 146. The quantitative estimate of drug-likeness (QED) is 0.00963. The number of nitrogens with zero attached hydrogens (tertiary/aromatic N) is 20. The molecule has 3 fully saturated rings. The van der Waals surface area contributed by atoms with Gasteiger partial charge in [0.15, 0.2) is 22.6 Å². The maximum atomic E-state index is 13.4. The number of fused-ring (bicyclic) bond motifs is 4. The molecule has 12 aromatic heterocycles. The fourth-order valence-electron chi connectivity index (χ4n) is 14.9. The van der Waals surface area contributed by atoms with Gasteiger partial charge in [-0.1, -0.05) is 57.5 Å². The van der Waals surface area contributed by atoms with Crippen LogP contribution in [-0.2, 0) is 22.9 Å². The summed E-state index contributed by atoms with van der Waals surface area (Å²) in [6.45, 7) is 2.55. The van der Waals surface area contributed by atoms with Gasteiger partial charge in [0.05, 0.1) is 119 Å². The number of benzene rings is 4. The van der Waals surface area contributed by atoms with Crippen molar-refractivity contribution < 1.29 is 82.7 Å². The molecule has 3 aliphatic carbocycles. The molecule has 0 aliphatic heterocycles. The van der Waals surface area contributed by atoms with Crippen molar-refractivity contribution in [3.05, 3.63) is 239 Å². The minimum atomic E-state index is -3.07. The van der Waals surface area contributed by atoms with Crippen molar-refractivity contribution in [1.82, 2.24) is 98.3 Å². The van der Waals surface area contributed by atoms with Crippen LogP contribution in [0.2, 0.25) is 51.4 Å². The molecule has 2 unspecified atom stereocenters. The zero-order valence-corrected chi connectivity index (χ0v) is 78.3. The third-order valence-corrected chi connectivity index (χ3v) is 26.2. The topological polar surface area (TPSA) is 433 Å². The van der Waals surface area contributed by atoms with Gasteiger partial charge in [0.2, 0.25) is 0 Å². The number of H-pyrrole nitrogens is 2. The van der Waals surface area contributed by atoms with Crippen LogP contribution in [0.4, 0.5) is 57.9 Å². The van der Waals surface area contributed by atoms with Gasteiger partial charge in [-0.3, -0.25) is 29.4 Å². The monoisotopic (exact) mass is 2040 g/mol. The van der Waals surface area contributed by atoms with Gasteiger partial charge in [-0.25, -0.2) is 47.4 Å². The molecular formula is C91H85F8IN26O10Si2. The number of hydrogen-bond acceptors (Lipinski definition) is 24. The number of alkyl halides is 8. The lowest BCUT2D eigenvalue weighted by atomic mass is 10.0. The van der Waals surface area contributed by atoms with E-state index in [-0.39, 0.29) is 93.8 Å². The summed E-state index contributed by atoms with van der Waals surface area (Å²) in [5.74, 6) is -1.87. The predicted molar refractivity (Wildman–Crippen MR) is 499 cm³/mol. The second-order valence-corrected chi connectivity index (χ2v) is 46.8. The fourth-order valence-corrected chi connectivity index (χ4v) is 16.9. The van der Waals surface area contributed by atoms with Crippen molar-refractivity contribution in [2.75, 3.05) is 34.5 Å². The SMILES string of the molecule is C[Si](C)(C)CCOCn1ncc(NC(=O)c2cnn3cccnc23)c1-c1cc(C2CC2C#N)ccc1OC(F)F.C[Si](C)(C)CCOCn1ncc(NC(=O)c2cnn3cccnc23)c1-c1cc(I)ccc1OC(F)F.N#C[C@@H]1C[C@H]1c1ccc(OC(F)F)c(-c2[nH]ncc2NC(=O)c2cnn3cccnc23)c1.O=C(Nc1cn[nH]c1-c1cc(C2CC2)ccc1OC(F)F)c1cnn2cccnc12. The molecule has 4 amide bonds. The highest BCUT2D eigenvalue weighted by Gasteiger charge is 2.41. The molecule has 36 nitrogen and oxygen atoms in total. The molecule has 3 saturated carbocycles. The van der Waals surface area contributed by atoms with Gasteiger partial charge in [-0.2, -0.15) is 86.4 Å². The Morgan fingerprint density at radius 1 is 0.435 bits per heavy atom. The number of nitriles is 2. The lowest BCUT2D eigenvalue weighted by molar-refractivity contribution is -0.0501. The van der Waals surface area contributed by atoms with Crippen LogP contribution in [0.15, 0.2) is 196 Å². The zero-order valence-electron chi connectivity index (χ0n) is 74.2. The van der Waals surface area contributed by atoms with E-state index in [0.29, 0.717) is 111 Å². The number of halogens is 9. The van der Waals surface area contributed by atoms with Gasteiger partial charge >= 0.3 is 26.4 Å². The standard InChI is InChI=1S/C27H29F2N7O3Si.C23H25F2IN6O3Si.C21H15F2N7O2.C20H16F2N6O2/c1-40(2,3)10-9-38-16-36-24(20-11-17(19-12-18(19)13-30)5-6-23(20)39-27(28)29)22(15-33-36)34-26(37)21-14-32-35-8-4-7-31-25(21)35;1-36(2,3)10-9-34-14-32-20(16-11-15(26)5-6-19(16)35-23(24)25)18(13-29-32)30-22(33)17-12-28-31-8-4-7-27-21(17)31;22-21(23)32-17-3-2-11(13-7-12(13)8-24)6-14(17)18-16(10-26-29-18)28-20(31)15-9-27-30-5-1-4-25-19(15)30;21-20(22)30-16-5-4-12(11-2-3-11)8-13(16)17-15(10-24-27-17)26-19(29)14-9-25-28-7-1-6-23-18(14)28/h4-8,11,14-15,18-19,27H,9-10,12,16H2,1-3H3,(H,34,37);4-8,11-13,23H,9-10,14H2,1-3H3,(H,30,33);1-6,9-10,12-13,21H,7H2,(H,26,29)(H,28,31);1,4-11,20H,2-3H2,(H,24,27)(H,26,29)/t;;12-,13-;/m..0./s1. The molecule has 0 radical (unpaired) electrons. The van der Waals surface area contributed by atoms with Crippen molar-refractivity contribution in [3.8, 4) is 80.2 Å². The maximum absolute atomic E-state index is 13.4. The number of anilines is 4. The number of nitrogens with one attached hydrogen (secondary N) is 6. The van der Waals surface area contributed by atoms with E-state index in [1.165, 1.54) is 101 Å². The second-order valence-electron chi connectivity index (χ2n) is 34.3. The summed E-state index contributed by atoms with van der Waals surface area (Å²) in [5.41, 5.74) is 9.18. The Balaban J connectivity index is 0.000000134. The van der Waals surface area contributed by atoms with Gasteiger partial charge in [0, 0.05) is 117 Å². The summed E-state index contributed by atoms with van der Waals surface area (Å²) in [7, 11) is -2.66. The van der Waals surface area contributed by atoms with E-state index in [2.05, 4.69) is 171 Å². The highest BCUT2D eigenvalue weighted by molar-refractivity contribution is 14.1. The second kappa shape index (κ2) is 42.0. The number of hydrogen-bond donors (Lipinski definition) is 6. The molecule has 6 N–H and O–H groups in total. The first kappa shape index (κ1) is 95.9. The molecule has 19 rings (SSSR count). The van der Waals surface area contributed by atoms with E-state index in [9.17, 15) is 59.6 Å². The van der Waals surface area contributed by atoms with E-state index >= 15 is 0 Å². The first-order valence-electron chi connectivity index (χ1n) is 43.0. The van der Waals surface area contributed by atoms with Crippen molar-refractivity contribution in [2.24, 2.45) is 11.8 Å². The first-order valence-corrected chi connectivity index (χ1v) is 51.4. The molecule has 0 saturated heterocycles. The first-order chi connectivity index (χ1) is 66.4. The normalized spacial score (nSPS) is 14.9. The van der Waals surface area contributed by atoms with Crippen molar-refractivity contribution in [3.63, 3.8) is 0 Å². The van der Waals surface area contributed by atoms with Crippen LogP contribution in [0.3, 0.4) is 0 Å². The van der Waals surface area contributed by atoms with Gasteiger partial charge in [0.25, 0.3) is 23.6 Å². The minimum Gasteiger partial charge on any atom is -0.434 e. The number of aromatic amines is 2.